The van der Waals surface area contributed by atoms with Crippen molar-refractivity contribution in [2.45, 2.75) is 21.9 Å². The molecule has 0 unspecified atom stereocenters. The summed E-state index contributed by atoms with van der Waals surface area (Å²) in [6.45, 7) is 0.303. The van der Waals surface area contributed by atoms with Crippen LogP contribution >= 0.6 is 11.3 Å². The van der Waals surface area contributed by atoms with Gasteiger partial charge in [-0.25, -0.2) is 21.2 Å². The Morgan fingerprint density at radius 3 is 2.60 bits per heavy atom. The van der Waals surface area contributed by atoms with Gasteiger partial charge >= 0.3 is 0 Å². The fourth-order valence-corrected chi connectivity index (χ4v) is 8.92. The maximum atomic E-state index is 13.6. The minimum Gasteiger partial charge on any atom is -0.311 e. The smallest absolute Gasteiger partial charge is 0.193 e. The average molecular weight is 404 g/mol. The van der Waals surface area contributed by atoms with Gasteiger partial charge in [0.05, 0.1) is 16.8 Å². The van der Waals surface area contributed by atoms with E-state index in [1.807, 2.05) is 0 Å². The fourth-order valence-electron chi connectivity index (χ4n) is 2.98. The van der Waals surface area contributed by atoms with Crippen LogP contribution in [0.4, 0.5) is 4.39 Å². The summed E-state index contributed by atoms with van der Waals surface area (Å²) in [6, 6.07) is 8.76. The molecular weight excluding hydrogens is 385 g/mol. The van der Waals surface area contributed by atoms with Crippen LogP contribution in [-0.4, -0.2) is 46.2 Å². The second kappa shape index (κ2) is 7.14. The van der Waals surface area contributed by atoms with Crippen molar-refractivity contribution in [2.75, 3.05) is 18.1 Å². The summed E-state index contributed by atoms with van der Waals surface area (Å²) in [6.07, 6.45) is 0.356. The standard InChI is InChI=1S/C16H18FNO4S3/c17-13-5-2-1-4-12(13)7-8-18-14-10-24(19,20)11-15(14)25(21,22)16-6-3-9-23-16/h1-6,9,14-15,18H,7-8,10-11H2/t14-,15-/m0/s1. The molecule has 5 nitrogen and oxygen atoms in total. The first-order valence-electron chi connectivity index (χ1n) is 7.74. The van der Waals surface area contributed by atoms with Crippen LogP contribution in [0.3, 0.4) is 0 Å². The fraction of sp³-hybridized carbons (Fsp3) is 0.375. The van der Waals surface area contributed by atoms with Gasteiger partial charge in [-0.3, -0.25) is 0 Å². The monoisotopic (exact) mass is 403 g/mol. The van der Waals surface area contributed by atoms with Gasteiger partial charge in [0, 0.05) is 6.04 Å². The van der Waals surface area contributed by atoms with Crippen molar-refractivity contribution < 1.29 is 21.2 Å². The number of halogens is 1. The zero-order valence-electron chi connectivity index (χ0n) is 13.3. The lowest BCUT2D eigenvalue weighted by molar-refractivity contribution is 0.524. The van der Waals surface area contributed by atoms with Gasteiger partial charge in [0.2, 0.25) is 0 Å². The van der Waals surface area contributed by atoms with Crippen molar-refractivity contribution in [2.24, 2.45) is 0 Å². The van der Waals surface area contributed by atoms with E-state index in [4.69, 9.17) is 0 Å². The highest BCUT2D eigenvalue weighted by atomic mass is 32.2. The van der Waals surface area contributed by atoms with E-state index in [9.17, 15) is 21.2 Å². The van der Waals surface area contributed by atoms with Gasteiger partial charge < -0.3 is 5.32 Å². The second-order valence-corrected chi connectivity index (χ2v) is 11.5. The predicted molar refractivity (Wildman–Crippen MR) is 95.8 cm³/mol. The van der Waals surface area contributed by atoms with E-state index in [0.717, 1.165) is 11.3 Å². The lowest BCUT2D eigenvalue weighted by Gasteiger charge is -2.19. The number of thiophene rings is 1. The zero-order chi connectivity index (χ0) is 18.1. The molecule has 2 heterocycles. The third-order valence-electron chi connectivity index (χ3n) is 4.23. The molecule has 1 N–H and O–H groups in total. The van der Waals surface area contributed by atoms with Crippen LogP contribution in [0.1, 0.15) is 5.56 Å². The molecule has 136 valence electrons. The quantitative estimate of drug-likeness (QED) is 0.793. The van der Waals surface area contributed by atoms with Crippen LogP contribution in [0.2, 0.25) is 0 Å². The third kappa shape index (κ3) is 4.11. The Balaban J connectivity index is 1.74. The maximum Gasteiger partial charge on any atom is 0.193 e. The second-order valence-electron chi connectivity index (χ2n) is 5.99. The minimum absolute atomic E-state index is 0.176. The van der Waals surface area contributed by atoms with Gasteiger partial charge in [0.25, 0.3) is 0 Å². The molecule has 1 aliphatic heterocycles. The highest BCUT2D eigenvalue weighted by Gasteiger charge is 2.45. The van der Waals surface area contributed by atoms with Gasteiger partial charge in [0.15, 0.2) is 19.7 Å². The van der Waals surface area contributed by atoms with Gasteiger partial charge in [-0.2, -0.15) is 0 Å². The lowest BCUT2D eigenvalue weighted by Crippen LogP contribution is -2.43. The van der Waals surface area contributed by atoms with Crippen molar-refractivity contribution in [3.63, 3.8) is 0 Å². The molecule has 1 aromatic heterocycles. The largest absolute Gasteiger partial charge is 0.311 e. The molecule has 0 bridgehead atoms. The van der Waals surface area contributed by atoms with Crippen molar-refractivity contribution >= 4 is 31.0 Å². The molecule has 2 atom stereocenters. The number of rotatable bonds is 6. The summed E-state index contributed by atoms with van der Waals surface area (Å²) in [5, 5.41) is 3.64. The Morgan fingerprint density at radius 2 is 1.92 bits per heavy atom. The van der Waals surface area contributed by atoms with Crippen LogP contribution in [-0.2, 0) is 26.1 Å². The van der Waals surface area contributed by atoms with Crippen molar-refractivity contribution in [3.05, 3.63) is 53.2 Å². The Morgan fingerprint density at radius 1 is 1.16 bits per heavy atom. The van der Waals surface area contributed by atoms with Crippen LogP contribution in [0.15, 0.2) is 46.0 Å². The van der Waals surface area contributed by atoms with Crippen molar-refractivity contribution in [1.29, 1.82) is 0 Å². The number of benzene rings is 1. The highest BCUT2D eigenvalue weighted by molar-refractivity contribution is 7.97. The maximum absolute atomic E-state index is 13.6. The zero-order valence-corrected chi connectivity index (χ0v) is 15.7. The summed E-state index contributed by atoms with van der Waals surface area (Å²) < 4.78 is 63.3. The molecule has 1 saturated heterocycles. The van der Waals surface area contributed by atoms with Crippen molar-refractivity contribution in [1.82, 2.24) is 5.32 Å². The Labute approximate surface area is 150 Å². The predicted octanol–water partition coefficient (Wildman–Crippen LogP) is 1.66. The SMILES string of the molecule is O=S1(=O)C[C@H](NCCc2ccccc2F)[C@@H](S(=O)(=O)c2cccs2)C1. The number of hydrogen-bond donors (Lipinski definition) is 1. The van der Waals surface area contributed by atoms with E-state index in [0.29, 0.717) is 18.5 Å². The number of hydrogen-bond acceptors (Lipinski definition) is 6. The first-order chi connectivity index (χ1) is 11.8. The summed E-state index contributed by atoms with van der Waals surface area (Å²) in [5.74, 6) is -0.935. The summed E-state index contributed by atoms with van der Waals surface area (Å²) in [7, 11) is -7.15. The van der Waals surface area contributed by atoms with Crippen LogP contribution in [0, 0.1) is 5.82 Å². The summed E-state index contributed by atoms with van der Waals surface area (Å²) in [4.78, 5) is 0. The van der Waals surface area contributed by atoms with Gasteiger partial charge in [-0.15, -0.1) is 11.3 Å². The molecule has 2 aromatic rings. The van der Waals surface area contributed by atoms with Gasteiger partial charge in [-0.05, 0) is 36.0 Å². The van der Waals surface area contributed by atoms with Crippen LogP contribution in [0.25, 0.3) is 0 Å². The molecule has 1 fully saturated rings. The van der Waals surface area contributed by atoms with E-state index in [1.165, 1.54) is 12.1 Å². The molecule has 3 rings (SSSR count). The van der Waals surface area contributed by atoms with E-state index < -0.39 is 31.0 Å². The molecule has 0 radical (unpaired) electrons. The molecule has 0 saturated carbocycles. The molecule has 0 spiro atoms. The third-order valence-corrected chi connectivity index (χ3v) is 9.81. The van der Waals surface area contributed by atoms with Crippen LogP contribution < -0.4 is 5.32 Å². The van der Waals surface area contributed by atoms with Gasteiger partial charge in [0.1, 0.15) is 10.0 Å². The Bertz CT molecular complexity index is 940. The number of nitrogens with one attached hydrogen (secondary N) is 1. The summed E-state index contributed by atoms with van der Waals surface area (Å²) >= 11 is 1.08. The topological polar surface area (TPSA) is 80.3 Å². The number of sulfone groups is 2. The molecule has 0 amide bonds. The van der Waals surface area contributed by atoms with E-state index in [-0.39, 0.29) is 21.5 Å². The Kier molecular flexibility index (Phi) is 5.29. The lowest BCUT2D eigenvalue weighted by atomic mass is 10.1. The van der Waals surface area contributed by atoms with E-state index >= 15 is 0 Å². The minimum atomic E-state index is -3.72. The molecule has 1 aromatic carbocycles. The molecule has 1 aliphatic rings. The molecule has 9 heteroatoms. The Hall–Kier alpha value is -1.29. The molecule has 0 aliphatic carbocycles. The normalized spacial score (nSPS) is 22.9. The van der Waals surface area contributed by atoms with Gasteiger partial charge in [-0.1, -0.05) is 24.3 Å². The average Bonchev–Trinajstić information content (AvgIpc) is 3.17. The first-order valence-corrected chi connectivity index (χ1v) is 12.0. The van der Waals surface area contributed by atoms with E-state index in [2.05, 4.69) is 5.32 Å². The molecule has 25 heavy (non-hydrogen) atoms. The highest BCUT2D eigenvalue weighted by Crippen LogP contribution is 2.28. The molecular formula is C16H18FNO4S3. The first kappa shape index (κ1) is 18.5. The summed E-state index contributed by atoms with van der Waals surface area (Å²) in [5.41, 5.74) is 0.508. The van der Waals surface area contributed by atoms with E-state index in [1.54, 1.807) is 29.6 Å². The van der Waals surface area contributed by atoms with Crippen LogP contribution in [0.5, 0.6) is 0 Å². The van der Waals surface area contributed by atoms with Crippen molar-refractivity contribution in [3.8, 4) is 0 Å².